The summed E-state index contributed by atoms with van der Waals surface area (Å²) in [7, 11) is 1.53. The van der Waals surface area contributed by atoms with Gasteiger partial charge in [0.05, 0.1) is 7.11 Å². The highest BCUT2D eigenvalue weighted by Gasteiger charge is 2.49. The summed E-state index contributed by atoms with van der Waals surface area (Å²) in [6.45, 7) is 0. The van der Waals surface area contributed by atoms with Crippen molar-refractivity contribution in [1.82, 2.24) is 0 Å². The van der Waals surface area contributed by atoms with Crippen LogP contribution in [0.1, 0.15) is 22.8 Å². The molecule has 138 valence electrons. The Morgan fingerprint density at radius 3 is 2.36 bits per heavy atom. The van der Waals surface area contributed by atoms with E-state index >= 15 is 0 Å². The van der Waals surface area contributed by atoms with Crippen LogP contribution < -0.4 is 9.47 Å². The molecule has 0 bridgehead atoms. The number of benzene rings is 3. The van der Waals surface area contributed by atoms with E-state index in [1.54, 1.807) is 30.3 Å². The van der Waals surface area contributed by atoms with Crippen LogP contribution in [0, 0.1) is 11.8 Å². The normalized spacial score (nSPS) is 20.4. The molecule has 0 saturated heterocycles. The number of aliphatic hydroxyl groups excluding tert-OH is 1. The lowest BCUT2D eigenvalue weighted by Crippen LogP contribution is -2.46. The molecule has 0 fully saturated rings. The minimum atomic E-state index is -1.60. The highest BCUT2D eigenvalue weighted by atomic mass is 16.5. The Morgan fingerprint density at radius 1 is 1.00 bits per heavy atom. The van der Waals surface area contributed by atoms with E-state index in [1.807, 2.05) is 48.5 Å². The van der Waals surface area contributed by atoms with E-state index in [1.165, 1.54) is 7.11 Å². The molecule has 0 amide bonds. The first-order valence-corrected chi connectivity index (χ1v) is 8.87. The zero-order chi connectivity index (χ0) is 19.6. The maximum Gasteiger partial charge on any atom is 0.256 e. The first-order valence-electron chi connectivity index (χ1n) is 8.87. The molecule has 0 radical (unpaired) electrons. The van der Waals surface area contributed by atoms with Crippen molar-refractivity contribution in [3.05, 3.63) is 95.6 Å². The van der Waals surface area contributed by atoms with Gasteiger partial charge in [0, 0.05) is 16.7 Å². The zero-order valence-corrected chi connectivity index (χ0v) is 15.3. The van der Waals surface area contributed by atoms with Crippen molar-refractivity contribution < 1.29 is 19.4 Å². The SMILES string of the molecule is COc1ccc2c(c1)C(O)C(=O)[C@](C#Cc1ccccc1)(c1ccccc1)O2. The molecule has 0 spiro atoms. The van der Waals surface area contributed by atoms with Crippen LogP contribution in [0.2, 0.25) is 0 Å². The van der Waals surface area contributed by atoms with Crippen LogP contribution in [0.15, 0.2) is 78.9 Å². The first kappa shape index (κ1) is 17.8. The third kappa shape index (κ3) is 3.02. The number of hydrogen-bond acceptors (Lipinski definition) is 4. The quantitative estimate of drug-likeness (QED) is 0.700. The van der Waals surface area contributed by atoms with E-state index < -0.39 is 17.5 Å². The summed E-state index contributed by atoms with van der Waals surface area (Å²) in [4.78, 5) is 13.3. The molecule has 1 N–H and O–H groups in total. The summed E-state index contributed by atoms with van der Waals surface area (Å²) in [5.74, 6) is 6.45. The van der Waals surface area contributed by atoms with Gasteiger partial charge in [-0.1, -0.05) is 54.5 Å². The van der Waals surface area contributed by atoms with Gasteiger partial charge in [-0.3, -0.25) is 4.79 Å². The Kier molecular flexibility index (Phi) is 4.60. The fraction of sp³-hybridized carbons (Fsp3) is 0.125. The fourth-order valence-corrected chi connectivity index (χ4v) is 3.22. The van der Waals surface area contributed by atoms with Gasteiger partial charge in [0.15, 0.2) is 0 Å². The lowest BCUT2D eigenvalue weighted by atomic mass is 9.82. The molecule has 1 unspecified atom stereocenters. The van der Waals surface area contributed by atoms with Gasteiger partial charge < -0.3 is 14.6 Å². The minimum absolute atomic E-state index is 0.373. The molecule has 3 aromatic carbocycles. The molecule has 0 aromatic heterocycles. The van der Waals surface area contributed by atoms with E-state index in [0.29, 0.717) is 22.6 Å². The molecule has 4 nitrogen and oxygen atoms in total. The summed E-state index contributed by atoms with van der Waals surface area (Å²) >= 11 is 0. The molecule has 0 saturated carbocycles. The van der Waals surface area contributed by atoms with E-state index in [4.69, 9.17) is 9.47 Å². The van der Waals surface area contributed by atoms with Crippen molar-refractivity contribution in [1.29, 1.82) is 0 Å². The van der Waals surface area contributed by atoms with E-state index in [0.717, 1.165) is 5.56 Å². The first-order chi connectivity index (χ1) is 13.6. The molecule has 1 aliphatic heterocycles. The van der Waals surface area contributed by atoms with Crippen molar-refractivity contribution in [2.75, 3.05) is 7.11 Å². The predicted octanol–water partition coefficient (Wildman–Crippen LogP) is 3.64. The molecule has 3 aromatic rings. The number of fused-ring (bicyclic) bond motifs is 1. The number of carbonyl (C=O) groups is 1. The second-order valence-corrected chi connectivity index (χ2v) is 6.44. The van der Waals surface area contributed by atoms with Crippen molar-refractivity contribution >= 4 is 5.78 Å². The van der Waals surface area contributed by atoms with Crippen molar-refractivity contribution in [2.24, 2.45) is 0 Å². The number of hydrogen-bond donors (Lipinski definition) is 1. The van der Waals surface area contributed by atoms with Crippen LogP contribution in [0.5, 0.6) is 11.5 Å². The third-order valence-electron chi connectivity index (χ3n) is 4.71. The van der Waals surface area contributed by atoms with Crippen molar-refractivity contribution in [3.8, 4) is 23.3 Å². The van der Waals surface area contributed by atoms with Crippen LogP contribution >= 0.6 is 0 Å². The van der Waals surface area contributed by atoms with Gasteiger partial charge in [0.1, 0.15) is 17.6 Å². The number of carbonyl (C=O) groups excluding carboxylic acids is 1. The van der Waals surface area contributed by atoms with Gasteiger partial charge >= 0.3 is 0 Å². The molecule has 4 rings (SSSR count). The minimum Gasteiger partial charge on any atom is -0.497 e. The second kappa shape index (κ2) is 7.22. The number of rotatable bonds is 2. The number of Topliss-reactive ketones (excluding diaryl/α,β-unsaturated/α-hetero) is 1. The van der Waals surface area contributed by atoms with Crippen LogP contribution in [0.25, 0.3) is 0 Å². The Morgan fingerprint density at radius 2 is 1.68 bits per heavy atom. The van der Waals surface area contributed by atoms with Crippen LogP contribution in [0.3, 0.4) is 0 Å². The molecule has 0 aliphatic carbocycles. The van der Waals surface area contributed by atoms with Gasteiger partial charge in [-0.25, -0.2) is 0 Å². The fourth-order valence-electron chi connectivity index (χ4n) is 3.22. The Labute approximate surface area is 163 Å². The lowest BCUT2D eigenvalue weighted by molar-refractivity contribution is -0.142. The Bertz CT molecular complexity index is 1060. The number of aliphatic hydroxyl groups is 1. The molecule has 4 heteroatoms. The summed E-state index contributed by atoms with van der Waals surface area (Å²) in [5.41, 5.74) is 0.101. The van der Waals surface area contributed by atoms with Gasteiger partial charge in [0.2, 0.25) is 5.78 Å². The van der Waals surface area contributed by atoms with E-state index in [2.05, 4.69) is 11.8 Å². The standard InChI is InChI=1S/C24H18O4/c1-27-19-12-13-21-20(16-19)22(25)23(26)24(28-21,18-10-6-3-7-11-18)15-14-17-8-4-2-5-9-17/h2-13,16,22,25H,1H3/t22?,24-/m0/s1. The van der Waals surface area contributed by atoms with E-state index in [9.17, 15) is 9.90 Å². The highest BCUT2D eigenvalue weighted by Crippen LogP contribution is 2.43. The van der Waals surface area contributed by atoms with Crippen LogP contribution in [-0.4, -0.2) is 18.0 Å². The van der Waals surface area contributed by atoms with Crippen molar-refractivity contribution in [3.63, 3.8) is 0 Å². The number of ketones is 1. The van der Waals surface area contributed by atoms with Gasteiger partial charge in [-0.15, -0.1) is 0 Å². The molecular weight excluding hydrogens is 352 g/mol. The topological polar surface area (TPSA) is 55.8 Å². The van der Waals surface area contributed by atoms with Crippen LogP contribution in [-0.2, 0) is 10.4 Å². The van der Waals surface area contributed by atoms with Crippen molar-refractivity contribution in [2.45, 2.75) is 11.7 Å². The number of ether oxygens (including phenoxy) is 2. The Hall–Kier alpha value is -3.55. The lowest BCUT2D eigenvalue weighted by Gasteiger charge is -2.36. The summed E-state index contributed by atoms with van der Waals surface area (Å²) in [6, 6.07) is 23.4. The van der Waals surface area contributed by atoms with Gasteiger partial charge in [-0.05, 0) is 36.3 Å². The molecular formula is C24H18O4. The monoisotopic (exact) mass is 370 g/mol. The van der Waals surface area contributed by atoms with E-state index in [-0.39, 0.29) is 0 Å². The molecule has 2 atom stereocenters. The smallest absolute Gasteiger partial charge is 0.256 e. The Balaban J connectivity index is 1.89. The molecule has 1 heterocycles. The zero-order valence-electron chi connectivity index (χ0n) is 15.3. The maximum absolute atomic E-state index is 13.3. The maximum atomic E-state index is 13.3. The summed E-state index contributed by atoms with van der Waals surface area (Å²) in [5, 5.41) is 10.8. The summed E-state index contributed by atoms with van der Waals surface area (Å²) < 4.78 is 11.4. The van der Waals surface area contributed by atoms with Gasteiger partial charge in [-0.2, -0.15) is 0 Å². The highest BCUT2D eigenvalue weighted by molar-refractivity contribution is 5.98. The molecule has 1 aliphatic rings. The average molecular weight is 370 g/mol. The summed E-state index contributed by atoms with van der Waals surface area (Å²) in [6.07, 6.45) is -1.37. The second-order valence-electron chi connectivity index (χ2n) is 6.44. The average Bonchev–Trinajstić information content (AvgIpc) is 2.76. The van der Waals surface area contributed by atoms with Crippen LogP contribution in [0.4, 0.5) is 0 Å². The molecule has 28 heavy (non-hydrogen) atoms. The number of methoxy groups -OCH3 is 1. The van der Waals surface area contributed by atoms with Gasteiger partial charge in [0.25, 0.3) is 5.60 Å². The predicted molar refractivity (Wildman–Crippen MR) is 105 cm³/mol. The largest absolute Gasteiger partial charge is 0.497 e. The third-order valence-corrected chi connectivity index (χ3v) is 4.71.